The zero-order valence-corrected chi connectivity index (χ0v) is 7.93. The van der Waals surface area contributed by atoms with Crippen LogP contribution in [0.3, 0.4) is 0 Å². The maximum Gasteiger partial charge on any atom is 0.435 e. The van der Waals surface area contributed by atoms with Crippen molar-refractivity contribution in [3.63, 3.8) is 0 Å². The van der Waals surface area contributed by atoms with Crippen molar-refractivity contribution < 1.29 is 17.9 Å². The topological polar surface area (TPSA) is 27.1 Å². The number of ether oxygens (including phenoxy) is 1. The van der Waals surface area contributed by atoms with Gasteiger partial charge >= 0.3 is 6.18 Å². The van der Waals surface area contributed by atoms with E-state index in [4.69, 9.17) is 0 Å². The first-order chi connectivity index (χ1) is 6.49. The molecule has 0 unspecified atom stereocenters. The Morgan fingerprint density at radius 1 is 1.50 bits per heavy atom. The van der Waals surface area contributed by atoms with Gasteiger partial charge in [0.1, 0.15) is 0 Å². The molecule has 0 fully saturated rings. The maximum atomic E-state index is 12.4. The molecule has 0 amide bonds. The molecule has 0 spiro atoms. The van der Waals surface area contributed by atoms with E-state index in [9.17, 15) is 13.2 Å². The molecule has 1 aromatic rings. The molecule has 0 aliphatic heterocycles. The smallest absolute Gasteiger partial charge is 0.380 e. The third-order valence-electron chi connectivity index (χ3n) is 1.73. The molecule has 0 radical (unpaired) electrons. The van der Waals surface area contributed by atoms with E-state index in [1.807, 2.05) is 0 Å². The second kappa shape index (κ2) is 4.00. The third kappa shape index (κ3) is 2.25. The number of nitrogens with zero attached hydrogens (tertiary/aromatic N) is 2. The van der Waals surface area contributed by atoms with Crippen LogP contribution < -0.4 is 0 Å². The molecule has 0 bridgehead atoms. The lowest BCUT2D eigenvalue weighted by atomic mass is 10.2. The average Bonchev–Trinajstić information content (AvgIpc) is 2.48. The fourth-order valence-corrected chi connectivity index (χ4v) is 1.12. The number of hydrogen-bond acceptors (Lipinski definition) is 2. The summed E-state index contributed by atoms with van der Waals surface area (Å²) < 4.78 is 43.1. The molecule has 0 atom stereocenters. The minimum absolute atomic E-state index is 0.0712. The second-order valence-electron chi connectivity index (χ2n) is 2.79. The largest absolute Gasteiger partial charge is 0.435 e. The first-order valence-electron chi connectivity index (χ1n) is 4.11. The van der Waals surface area contributed by atoms with Gasteiger partial charge in [0, 0.05) is 25.4 Å². The molecular formula is C8H11F3N2O. The average molecular weight is 208 g/mol. The van der Waals surface area contributed by atoms with E-state index in [1.54, 1.807) is 6.92 Å². The zero-order chi connectivity index (χ0) is 10.8. The Hall–Kier alpha value is -1.04. The highest BCUT2D eigenvalue weighted by Crippen LogP contribution is 2.30. The van der Waals surface area contributed by atoms with Gasteiger partial charge in [0.25, 0.3) is 0 Å². The predicted octanol–water partition coefficient (Wildman–Crippen LogP) is 2.07. The number of alkyl halides is 3. The summed E-state index contributed by atoms with van der Waals surface area (Å²) in [7, 11) is 1.35. The van der Waals surface area contributed by atoms with Gasteiger partial charge in [-0.25, -0.2) is 0 Å². The van der Waals surface area contributed by atoms with Gasteiger partial charge in [-0.05, 0) is 6.92 Å². The quantitative estimate of drug-likeness (QED) is 0.760. The molecule has 0 saturated carbocycles. The summed E-state index contributed by atoms with van der Waals surface area (Å²) >= 11 is 0. The lowest BCUT2D eigenvalue weighted by Gasteiger charge is -2.04. The molecule has 0 aliphatic rings. The van der Waals surface area contributed by atoms with E-state index in [2.05, 4.69) is 9.84 Å². The number of methoxy groups -OCH3 is 1. The molecule has 1 heterocycles. The van der Waals surface area contributed by atoms with Gasteiger partial charge in [-0.15, -0.1) is 0 Å². The van der Waals surface area contributed by atoms with E-state index < -0.39 is 11.9 Å². The van der Waals surface area contributed by atoms with Crippen molar-refractivity contribution >= 4 is 0 Å². The summed E-state index contributed by atoms with van der Waals surface area (Å²) in [6.07, 6.45) is -3.05. The SMILES string of the molecule is CCn1cc(COC)c(C(F)(F)F)n1. The van der Waals surface area contributed by atoms with Gasteiger partial charge in [-0.2, -0.15) is 18.3 Å². The number of hydrogen-bond donors (Lipinski definition) is 0. The van der Waals surface area contributed by atoms with Crippen LogP contribution in [0, 0.1) is 0 Å². The van der Waals surface area contributed by atoms with Crippen molar-refractivity contribution in [1.82, 2.24) is 9.78 Å². The molecule has 3 nitrogen and oxygen atoms in total. The van der Waals surface area contributed by atoms with E-state index in [1.165, 1.54) is 18.0 Å². The van der Waals surface area contributed by atoms with Crippen molar-refractivity contribution in [2.24, 2.45) is 0 Å². The second-order valence-corrected chi connectivity index (χ2v) is 2.79. The molecule has 1 rings (SSSR count). The summed E-state index contributed by atoms with van der Waals surface area (Å²) in [5, 5.41) is 3.43. The van der Waals surface area contributed by atoms with E-state index in [0.29, 0.717) is 6.54 Å². The minimum Gasteiger partial charge on any atom is -0.380 e. The van der Waals surface area contributed by atoms with Crippen LogP contribution in [0.15, 0.2) is 6.20 Å². The maximum absolute atomic E-state index is 12.4. The van der Waals surface area contributed by atoms with Gasteiger partial charge < -0.3 is 4.74 Å². The number of rotatable bonds is 3. The molecule has 80 valence electrons. The minimum atomic E-state index is -4.41. The summed E-state index contributed by atoms with van der Waals surface area (Å²) in [6, 6.07) is 0. The Balaban J connectivity index is 3.06. The van der Waals surface area contributed by atoms with E-state index in [0.717, 1.165) is 0 Å². The van der Waals surface area contributed by atoms with E-state index in [-0.39, 0.29) is 12.2 Å². The molecular weight excluding hydrogens is 197 g/mol. The lowest BCUT2D eigenvalue weighted by molar-refractivity contribution is -0.142. The van der Waals surface area contributed by atoms with Crippen molar-refractivity contribution in [2.45, 2.75) is 26.3 Å². The molecule has 14 heavy (non-hydrogen) atoms. The monoisotopic (exact) mass is 208 g/mol. The standard InChI is InChI=1S/C8H11F3N2O/c1-3-13-4-6(5-14-2)7(12-13)8(9,10)11/h4H,3,5H2,1-2H3. The first-order valence-corrected chi connectivity index (χ1v) is 4.11. The molecule has 0 aromatic carbocycles. The Labute approximate surface area is 79.5 Å². The van der Waals surface area contributed by atoms with Gasteiger partial charge in [0.2, 0.25) is 0 Å². The summed E-state index contributed by atoms with van der Waals surface area (Å²) in [6.45, 7) is 2.06. The van der Waals surface area contributed by atoms with Crippen molar-refractivity contribution in [1.29, 1.82) is 0 Å². The summed E-state index contributed by atoms with van der Waals surface area (Å²) in [5.41, 5.74) is -0.789. The number of aromatic nitrogens is 2. The summed E-state index contributed by atoms with van der Waals surface area (Å²) in [5.74, 6) is 0. The van der Waals surface area contributed by atoms with Gasteiger partial charge in [0.05, 0.1) is 6.61 Å². The molecule has 6 heteroatoms. The number of halogens is 3. The Bertz CT molecular complexity index is 306. The number of aryl methyl sites for hydroxylation is 1. The van der Waals surface area contributed by atoms with Crippen LogP contribution in [0.4, 0.5) is 13.2 Å². The highest BCUT2D eigenvalue weighted by molar-refractivity contribution is 5.19. The Morgan fingerprint density at radius 3 is 2.57 bits per heavy atom. The van der Waals surface area contributed by atoms with Gasteiger partial charge in [-0.3, -0.25) is 4.68 Å². The Kier molecular flexibility index (Phi) is 3.15. The first kappa shape index (κ1) is 11.0. The van der Waals surface area contributed by atoms with Crippen molar-refractivity contribution in [2.75, 3.05) is 7.11 Å². The van der Waals surface area contributed by atoms with Crippen molar-refractivity contribution in [3.8, 4) is 0 Å². The van der Waals surface area contributed by atoms with Crippen LogP contribution in [0.25, 0.3) is 0 Å². The fraction of sp³-hybridized carbons (Fsp3) is 0.625. The van der Waals surface area contributed by atoms with Crippen LogP contribution in [-0.4, -0.2) is 16.9 Å². The van der Waals surface area contributed by atoms with Crippen LogP contribution >= 0.6 is 0 Å². The predicted molar refractivity (Wildman–Crippen MR) is 43.6 cm³/mol. The van der Waals surface area contributed by atoms with Crippen LogP contribution in [0.2, 0.25) is 0 Å². The summed E-state index contributed by atoms with van der Waals surface area (Å²) in [4.78, 5) is 0. The van der Waals surface area contributed by atoms with Gasteiger partial charge in [-0.1, -0.05) is 0 Å². The highest BCUT2D eigenvalue weighted by Gasteiger charge is 2.36. The normalized spacial score (nSPS) is 12.1. The fourth-order valence-electron chi connectivity index (χ4n) is 1.12. The highest BCUT2D eigenvalue weighted by atomic mass is 19.4. The third-order valence-corrected chi connectivity index (χ3v) is 1.73. The van der Waals surface area contributed by atoms with Crippen LogP contribution in [0.1, 0.15) is 18.2 Å². The molecule has 0 N–H and O–H groups in total. The van der Waals surface area contributed by atoms with Crippen LogP contribution in [0.5, 0.6) is 0 Å². The van der Waals surface area contributed by atoms with Crippen molar-refractivity contribution in [3.05, 3.63) is 17.5 Å². The molecule has 1 aromatic heterocycles. The van der Waals surface area contributed by atoms with E-state index >= 15 is 0 Å². The molecule has 0 aliphatic carbocycles. The van der Waals surface area contributed by atoms with Crippen LogP contribution in [-0.2, 0) is 24.1 Å². The lowest BCUT2D eigenvalue weighted by Crippen LogP contribution is -2.10. The molecule has 0 saturated heterocycles. The van der Waals surface area contributed by atoms with Gasteiger partial charge in [0.15, 0.2) is 5.69 Å². The zero-order valence-electron chi connectivity index (χ0n) is 7.93. The Morgan fingerprint density at radius 2 is 2.14 bits per heavy atom.